The van der Waals surface area contributed by atoms with E-state index in [0.29, 0.717) is 29.9 Å². The molecule has 0 fully saturated rings. The summed E-state index contributed by atoms with van der Waals surface area (Å²) in [5, 5.41) is 11.8. The van der Waals surface area contributed by atoms with Crippen molar-refractivity contribution in [1.29, 1.82) is 0 Å². The van der Waals surface area contributed by atoms with Crippen molar-refractivity contribution >= 4 is 5.91 Å². The van der Waals surface area contributed by atoms with Crippen molar-refractivity contribution in [3.63, 3.8) is 0 Å². The van der Waals surface area contributed by atoms with E-state index >= 15 is 0 Å². The monoisotopic (exact) mass is 422 g/mol. The summed E-state index contributed by atoms with van der Waals surface area (Å²) in [6, 6.07) is 7.09. The van der Waals surface area contributed by atoms with Gasteiger partial charge in [-0.05, 0) is 61.3 Å². The maximum Gasteiger partial charge on any atom is 0.251 e. The molecule has 5 heteroatoms. The quantitative estimate of drug-likeness (QED) is 0.406. The topological polar surface area (TPSA) is 59.8 Å². The number of hydrogen-bond donors (Lipinski definition) is 1. The average molecular weight is 423 g/mol. The summed E-state index contributed by atoms with van der Waals surface area (Å²) < 4.78 is 1.95. The second-order valence-corrected chi connectivity index (χ2v) is 9.52. The smallest absolute Gasteiger partial charge is 0.251 e. The highest BCUT2D eigenvalue weighted by Crippen LogP contribution is 2.37. The molecule has 0 saturated heterocycles. The maximum atomic E-state index is 12.2. The summed E-state index contributed by atoms with van der Waals surface area (Å²) in [4.78, 5) is 12.2. The zero-order valence-corrected chi connectivity index (χ0v) is 20.0. The van der Waals surface area contributed by atoms with Crippen LogP contribution in [0.15, 0.2) is 30.5 Å². The van der Waals surface area contributed by atoms with Gasteiger partial charge in [-0.25, -0.2) is 0 Å². The van der Waals surface area contributed by atoms with Gasteiger partial charge in [-0.1, -0.05) is 52.7 Å². The van der Waals surface area contributed by atoms with Gasteiger partial charge in [-0.2, -0.15) is 0 Å². The molecular weight excluding hydrogens is 384 g/mol. The lowest BCUT2D eigenvalue weighted by Crippen LogP contribution is -2.33. The molecule has 168 valence electrons. The first kappa shape index (κ1) is 24.7. The SMILES string of the molecule is C#Cc1ccc(C(=O)NCCCCCn2cc(C(C)(C)C(C)C(C)C(C)C)nn2)cc1. The van der Waals surface area contributed by atoms with Crippen LogP contribution in [0.5, 0.6) is 0 Å². The first-order chi connectivity index (χ1) is 14.7. The summed E-state index contributed by atoms with van der Waals surface area (Å²) in [6.07, 6.45) is 10.4. The van der Waals surface area contributed by atoms with Crippen LogP contribution in [0.2, 0.25) is 0 Å². The number of unbranched alkanes of at least 4 members (excludes halogenated alkanes) is 2. The molecule has 0 aliphatic heterocycles. The minimum absolute atomic E-state index is 0.00929. The molecule has 2 rings (SSSR count). The van der Waals surface area contributed by atoms with E-state index in [4.69, 9.17) is 6.42 Å². The Labute approximate surface area is 188 Å². The molecule has 1 aromatic carbocycles. The van der Waals surface area contributed by atoms with Crippen molar-refractivity contribution < 1.29 is 4.79 Å². The molecule has 1 aromatic heterocycles. The van der Waals surface area contributed by atoms with Crippen LogP contribution in [0.3, 0.4) is 0 Å². The van der Waals surface area contributed by atoms with Gasteiger partial charge in [0.2, 0.25) is 0 Å². The van der Waals surface area contributed by atoms with Crippen LogP contribution in [-0.2, 0) is 12.0 Å². The fraction of sp³-hybridized carbons (Fsp3) is 0.577. The Kier molecular flexibility index (Phi) is 8.86. The molecule has 31 heavy (non-hydrogen) atoms. The lowest BCUT2D eigenvalue weighted by Gasteiger charge is -2.36. The third kappa shape index (κ3) is 6.69. The molecule has 0 saturated carbocycles. The van der Waals surface area contributed by atoms with Crippen LogP contribution in [-0.4, -0.2) is 27.4 Å². The van der Waals surface area contributed by atoms with Crippen molar-refractivity contribution in [3.8, 4) is 12.3 Å². The van der Waals surface area contributed by atoms with Gasteiger partial charge in [-0.3, -0.25) is 9.48 Å². The molecule has 2 aromatic rings. The number of benzene rings is 1. The number of carbonyl (C=O) groups is 1. The van der Waals surface area contributed by atoms with E-state index in [1.165, 1.54) is 0 Å². The zero-order chi connectivity index (χ0) is 23.0. The third-order valence-electron chi connectivity index (χ3n) is 6.84. The number of amides is 1. The maximum absolute atomic E-state index is 12.2. The Hall–Kier alpha value is -2.61. The second kappa shape index (κ2) is 11.1. The first-order valence-electron chi connectivity index (χ1n) is 11.4. The van der Waals surface area contributed by atoms with Gasteiger partial charge in [0.1, 0.15) is 0 Å². The van der Waals surface area contributed by atoms with Crippen LogP contribution in [0.4, 0.5) is 0 Å². The summed E-state index contributed by atoms with van der Waals surface area (Å²) in [7, 11) is 0. The van der Waals surface area contributed by atoms with Crippen LogP contribution in [0.1, 0.15) is 82.4 Å². The van der Waals surface area contributed by atoms with E-state index in [2.05, 4.69) is 69.3 Å². The molecule has 0 bridgehead atoms. The number of rotatable bonds is 11. The molecule has 5 nitrogen and oxygen atoms in total. The molecule has 0 aliphatic carbocycles. The molecule has 2 atom stereocenters. The number of aromatic nitrogens is 3. The van der Waals surface area contributed by atoms with E-state index in [9.17, 15) is 4.79 Å². The van der Waals surface area contributed by atoms with Crippen LogP contribution in [0, 0.1) is 30.1 Å². The van der Waals surface area contributed by atoms with Crippen LogP contribution in [0.25, 0.3) is 0 Å². The summed E-state index contributed by atoms with van der Waals surface area (Å²) >= 11 is 0. The Balaban J connectivity index is 1.73. The zero-order valence-electron chi connectivity index (χ0n) is 20.0. The predicted octanol–water partition coefficient (Wildman–Crippen LogP) is 5.07. The minimum Gasteiger partial charge on any atom is -0.352 e. The van der Waals surface area contributed by atoms with Crippen molar-refractivity contribution in [2.45, 2.75) is 72.8 Å². The highest BCUT2D eigenvalue weighted by molar-refractivity contribution is 5.94. The Morgan fingerprint density at radius 1 is 1.13 bits per heavy atom. The molecule has 0 radical (unpaired) electrons. The number of nitrogens with zero attached hydrogens (tertiary/aromatic N) is 3. The summed E-state index contributed by atoms with van der Waals surface area (Å²) in [5.41, 5.74) is 2.47. The van der Waals surface area contributed by atoms with Gasteiger partial charge in [0, 0.05) is 35.8 Å². The van der Waals surface area contributed by atoms with Crippen LogP contribution < -0.4 is 5.32 Å². The molecule has 2 unspecified atom stereocenters. The third-order valence-corrected chi connectivity index (χ3v) is 6.84. The van der Waals surface area contributed by atoms with Gasteiger partial charge in [0.15, 0.2) is 0 Å². The standard InChI is InChI=1S/C26H38N4O/c1-8-22-12-14-23(15-13-22)25(31)27-16-10-9-11-17-30-18-24(28-29-30)26(6,7)21(5)20(4)19(2)3/h1,12-15,18-21H,9-11,16-17H2,2-7H3,(H,27,31). The fourth-order valence-corrected chi connectivity index (χ4v) is 3.77. The van der Waals surface area contributed by atoms with E-state index in [-0.39, 0.29) is 11.3 Å². The lowest BCUT2D eigenvalue weighted by atomic mass is 9.69. The number of aryl methyl sites for hydroxylation is 1. The largest absolute Gasteiger partial charge is 0.352 e. The minimum atomic E-state index is -0.0588. The van der Waals surface area contributed by atoms with Crippen molar-refractivity contribution in [3.05, 3.63) is 47.3 Å². The highest BCUT2D eigenvalue weighted by Gasteiger charge is 2.35. The molecule has 1 N–H and O–H groups in total. The molecule has 1 heterocycles. The molecule has 1 amide bonds. The number of hydrogen-bond acceptors (Lipinski definition) is 3. The van der Waals surface area contributed by atoms with Gasteiger partial charge >= 0.3 is 0 Å². The van der Waals surface area contributed by atoms with Crippen LogP contribution >= 0.6 is 0 Å². The van der Waals surface area contributed by atoms with E-state index in [1.54, 1.807) is 24.3 Å². The predicted molar refractivity (Wildman–Crippen MR) is 127 cm³/mol. The lowest BCUT2D eigenvalue weighted by molar-refractivity contribution is 0.0953. The molecule has 0 aliphatic rings. The highest BCUT2D eigenvalue weighted by atomic mass is 16.1. The molecular formula is C26H38N4O. The Morgan fingerprint density at radius 3 is 2.42 bits per heavy atom. The van der Waals surface area contributed by atoms with Crippen molar-refractivity contribution in [2.75, 3.05) is 6.54 Å². The first-order valence-corrected chi connectivity index (χ1v) is 11.4. The van der Waals surface area contributed by atoms with Crippen molar-refractivity contribution in [1.82, 2.24) is 20.3 Å². The van der Waals surface area contributed by atoms with E-state index in [0.717, 1.165) is 37.1 Å². The number of nitrogens with one attached hydrogen (secondary N) is 1. The Morgan fingerprint density at radius 2 is 1.81 bits per heavy atom. The second-order valence-electron chi connectivity index (χ2n) is 9.52. The summed E-state index contributed by atoms with van der Waals surface area (Å²) in [5.74, 6) is 4.27. The normalized spacial score (nSPS) is 13.6. The van der Waals surface area contributed by atoms with E-state index in [1.807, 2.05) is 4.68 Å². The fourth-order valence-electron chi connectivity index (χ4n) is 3.77. The van der Waals surface area contributed by atoms with Gasteiger partial charge in [-0.15, -0.1) is 11.5 Å². The van der Waals surface area contributed by atoms with Gasteiger partial charge in [0.25, 0.3) is 5.91 Å². The van der Waals surface area contributed by atoms with E-state index < -0.39 is 0 Å². The van der Waals surface area contributed by atoms with Crippen molar-refractivity contribution in [2.24, 2.45) is 17.8 Å². The number of terminal acetylenes is 1. The number of carbonyl (C=O) groups excluding carboxylic acids is 1. The average Bonchev–Trinajstić information content (AvgIpc) is 3.24. The summed E-state index contributed by atoms with van der Waals surface area (Å²) in [6.45, 7) is 15.3. The van der Waals surface area contributed by atoms with Gasteiger partial charge in [0.05, 0.1) is 5.69 Å². The van der Waals surface area contributed by atoms with Gasteiger partial charge < -0.3 is 5.32 Å². The Bertz CT molecular complexity index is 874. The molecule has 0 spiro atoms.